The van der Waals surface area contributed by atoms with Gasteiger partial charge in [-0.15, -0.1) is 0 Å². The van der Waals surface area contributed by atoms with E-state index in [-0.39, 0.29) is 6.10 Å². The molecule has 2 fully saturated rings. The summed E-state index contributed by atoms with van der Waals surface area (Å²) in [5.74, 6) is 1.52. The highest BCUT2D eigenvalue weighted by Crippen LogP contribution is 2.44. The summed E-state index contributed by atoms with van der Waals surface area (Å²) in [4.78, 5) is 0. The Hall–Kier alpha value is -0.0400. The average Bonchev–Trinajstić information content (AvgIpc) is 2.97. The first-order chi connectivity index (χ1) is 7.09. The second kappa shape index (κ2) is 4.45. The Kier molecular flexibility index (Phi) is 3.39. The van der Waals surface area contributed by atoms with Crippen molar-refractivity contribution in [2.45, 2.75) is 71.3 Å². The summed E-state index contributed by atoms with van der Waals surface area (Å²) in [5, 5.41) is 10.3. The van der Waals surface area contributed by atoms with Crippen LogP contribution < -0.4 is 0 Å². The van der Waals surface area contributed by atoms with Gasteiger partial charge in [0.25, 0.3) is 0 Å². The minimum Gasteiger partial charge on any atom is -0.393 e. The van der Waals surface area contributed by atoms with Gasteiger partial charge in [0.2, 0.25) is 0 Å². The predicted octanol–water partition coefficient (Wildman–Crippen LogP) is 3.75. The molecule has 88 valence electrons. The Morgan fingerprint density at radius 1 is 1.20 bits per heavy atom. The summed E-state index contributed by atoms with van der Waals surface area (Å²) in [7, 11) is 0. The van der Waals surface area contributed by atoms with Gasteiger partial charge in [-0.1, -0.05) is 39.5 Å². The van der Waals surface area contributed by atoms with Gasteiger partial charge in [0, 0.05) is 0 Å². The van der Waals surface area contributed by atoms with Gasteiger partial charge in [-0.05, 0) is 42.9 Å². The van der Waals surface area contributed by atoms with E-state index < -0.39 is 0 Å². The average molecular weight is 210 g/mol. The molecule has 0 spiro atoms. The molecular formula is C14H26O. The molecule has 0 amide bonds. The molecule has 2 aliphatic rings. The molecule has 0 heterocycles. The van der Waals surface area contributed by atoms with Crippen molar-refractivity contribution in [3.8, 4) is 0 Å². The van der Waals surface area contributed by atoms with Crippen molar-refractivity contribution in [2.75, 3.05) is 0 Å². The Morgan fingerprint density at radius 3 is 2.53 bits per heavy atom. The maximum absolute atomic E-state index is 10.3. The maximum Gasteiger partial charge on any atom is 0.0573 e. The van der Waals surface area contributed by atoms with E-state index in [1.807, 2.05) is 0 Å². The number of aliphatic hydroxyl groups excluding tert-OH is 1. The molecule has 0 bridgehead atoms. The van der Waals surface area contributed by atoms with E-state index in [0.29, 0.717) is 11.3 Å². The molecule has 0 aromatic rings. The summed E-state index contributed by atoms with van der Waals surface area (Å²) >= 11 is 0. The number of rotatable bonds is 4. The molecule has 0 aliphatic heterocycles. The van der Waals surface area contributed by atoms with Crippen LogP contribution in [0, 0.1) is 17.3 Å². The monoisotopic (exact) mass is 210 g/mol. The summed E-state index contributed by atoms with van der Waals surface area (Å²) in [6, 6.07) is 0. The second-order valence-corrected chi connectivity index (χ2v) is 6.43. The molecule has 0 saturated heterocycles. The zero-order valence-electron chi connectivity index (χ0n) is 10.3. The van der Waals surface area contributed by atoms with Crippen molar-refractivity contribution in [1.29, 1.82) is 0 Å². The SMILES string of the molecule is CC1(C)CCCCC1C(O)CCC1CC1. The Balaban J connectivity index is 1.82. The van der Waals surface area contributed by atoms with Gasteiger partial charge in [-0.2, -0.15) is 0 Å². The zero-order valence-corrected chi connectivity index (χ0v) is 10.3. The molecule has 0 radical (unpaired) electrons. The van der Waals surface area contributed by atoms with Crippen LogP contribution in [-0.4, -0.2) is 11.2 Å². The van der Waals surface area contributed by atoms with Crippen molar-refractivity contribution in [1.82, 2.24) is 0 Å². The molecule has 15 heavy (non-hydrogen) atoms. The summed E-state index contributed by atoms with van der Waals surface area (Å²) < 4.78 is 0. The summed E-state index contributed by atoms with van der Waals surface area (Å²) in [6.07, 6.45) is 10.4. The molecule has 0 aromatic heterocycles. The van der Waals surface area contributed by atoms with Crippen LogP contribution in [0.15, 0.2) is 0 Å². The van der Waals surface area contributed by atoms with E-state index in [4.69, 9.17) is 0 Å². The summed E-state index contributed by atoms with van der Waals surface area (Å²) in [5.41, 5.74) is 0.376. The van der Waals surface area contributed by atoms with Gasteiger partial charge >= 0.3 is 0 Å². The first-order valence-corrected chi connectivity index (χ1v) is 6.78. The van der Waals surface area contributed by atoms with E-state index in [0.717, 1.165) is 12.3 Å². The fourth-order valence-corrected chi connectivity index (χ4v) is 3.25. The van der Waals surface area contributed by atoms with Crippen molar-refractivity contribution < 1.29 is 5.11 Å². The third-order valence-corrected chi connectivity index (χ3v) is 4.62. The normalized spacial score (nSPS) is 32.6. The fourth-order valence-electron chi connectivity index (χ4n) is 3.25. The quantitative estimate of drug-likeness (QED) is 0.749. The van der Waals surface area contributed by atoms with Gasteiger partial charge in [0.15, 0.2) is 0 Å². The molecule has 2 aliphatic carbocycles. The largest absolute Gasteiger partial charge is 0.393 e. The standard InChI is InChI=1S/C14H26O/c1-14(2)10-4-3-5-12(14)13(15)9-8-11-6-7-11/h11-13,15H,3-10H2,1-2H3. The smallest absolute Gasteiger partial charge is 0.0573 e. The van der Waals surface area contributed by atoms with Crippen LogP contribution in [0.1, 0.15) is 65.2 Å². The molecular weight excluding hydrogens is 184 g/mol. The predicted molar refractivity (Wildman–Crippen MR) is 63.7 cm³/mol. The van der Waals surface area contributed by atoms with E-state index in [9.17, 15) is 5.11 Å². The van der Waals surface area contributed by atoms with E-state index in [1.54, 1.807) is 0 Å². The van der Waals surface area contributed by atoms with Gasteiger partial charge in [-0.25, -0.2) is 0 Å². The number of hydrogen-bond acceptors (Lipinski definition) is 1. The second-order valence-electron chi connectivity index (χ2n) is 6.43. The molecule has 1 N–H and O–H groups in total. The van der Waals surface area contributed by atoms with Crippen molar-refractivity contribution in [2.24, 2.45) is 17.3 Å². The van der Waals surface area contributed by atoms with E-state index in [2.05, 4.69) is 13.8 Å². The highest BCUT2D eigenvalue weighted by atomic mass is 16.3. The van der Waals surface area contributed by atoms with Crippen LogP contribution in [0.2, 0.25) is 0 Å². The molecule has 0 aromatic carbocycles. The minimum atomic E-state index is -0.0269. The lowest BCUT2D eigenvalue weighted by atomic mass is 9.66. The van der Waals surface area contributed by atoms with Crippen LogP contribution in [0.3, 0.4) is 0 Å². The lowest BCUT2D eigenvalue weighted by Crippen LogP contribution is -2.36. The molecule has 2 rings (SSSR count). The van der Waals surface area contributed by atoms with Crippen molar-refractivity contribution >= 4 is 0 Å². The van der Waals surface area contributed by atoms with Gasteiger partial charge < -0.3 is 5.11 Å². The van der Waals surface area contributed by atoms with Gasteiger partial charge in [0.1, 0.15) is 0 Å². The van der Waals surface area contributed by atoms with Crippen molar-refractivity contribution in [3.63, 3.8) is 0 Å². The van der Waals surface area contributed by atoms with Crippen LogP contribution in [-0.2, 0) is 0 Å². The number of hydrogen-bond donors (Lipinski definition) is 1. The molecule has 1 nitrogen and oxygen atoms in total. The molecule has 2 saturated carbocycles. The lowest BCUT2D eigenvalue weighted by molar-refractivity contribution is -0.000926. The van der Waals surface area contributed by atoms with Gasteiger partial charge in [-0.3, -0.25) is 0 Å². The van der Waals surface area contributed by atoms with Crippen molar-refractivity contribution in [3.05, 3.63) is 0 Å². The minimum absolute atomic E-state index is 0.0269. The van der Waals surface area contributed by atoms with Gasteiger partial charge in [0.05, 0.1) is 6.10 Å². The van der Waals surface area contributed by atoms with E-state index >= 15 is 0 Å². The molecule has 2 atom stereocenters. The topological polar surface area (TPSA) is 20.2 Å². The Bertz CT molecular complexity index is 205. The van der Waals surface area contributed by atoms with Crippen LogP contribution in [0.25, 0.3) is 0 Å². The highest BCUT2D eigenvalue weighted by molar-refractivity contribution is 4.87. The third kappa shape index (κ3) is 2.96. The first-order valence-electron chi connectivity index (χ1n) is 6.78. The number of aliphatic hydroxyl groups is 1. The maximum atomic E-state index is 10.3. The van der Waals surface area contributed by atoms with Crippen LogP contribution in [0.5, 0.6) is 0 Å². The van der Waals surface area contributed by atoms with Crippen LogP contribution in [0.4, 0.5) is 0 Å². The first kappa shape index (κ1) is 11.4. The Morgan fingerprint density at radius 2 is 1.93 bits per heavy atom. The molecule has 2 unspecified atom stereocenters. The summed E-state index contributed by atoms with van der Waals surface area (Å²) in [6.45, 7) is 4.69. The van der Waals surface area contributed by atoms with Crippen LogP contribution >= 0.6 is 0 Å². The fraction of sp³-hybridized carbons (Fsp3) is 1.00. The zero-order chi connectivity index (χ0) is 10.9. The van der Waals surface area contributed by atoms with E-state index in [1.165, 1.54) is 44.9 Å². The Labute approximate surface area is 94.3 Å². The lowest BCUT2D eigenvalue weighted by Gasteiger charge is -2.41. The third-order valence-electron chi connectivity index (χ3n) is 4.62. The highest BCUT2D eigenvalue weighted by Gasteiger charge is 2.37. The molecule has 1 heteroatoms.